The summed E-state index contributed by atoms with van der Waals surface area (Å²) in [5.74, 6) is 0.790. The molecule has 0 radical (unpaired) electrons. The van der Waals surface area contributed by atoms with Gasteiger partial charge in [0, 0.05) is 0 Å². The fraction of sp³-hybridized carbons (Fsp3) is 0.458. The Morgan fingerprint density at radius 1 is 0.929 bits per heavy atom. The highest BCUT2D eigenvalue weighted by molar-refractivity contribution is 6.73. The van der Waals surface area contributed by atoms with Gasteiger partial charge in [-0.3, -0.25) is 4.79 Å². The molecule has 4 heteroatoms. The molecule has 0 unspecified atom stereocenters. The van der Waals surface area contributed by atoms with Crippen molar-refractivity contribution in [3.05, 3.63) is 65.7 Å². The van der Waals surface area contributed by atoms with Gasteiger partial charge in [-0.1, -0.05) is 63.2 Å². The van der Waals surface area contributed by atoms with Crippen LogP contribution in [0, 0.1) is 5.92 Å². The first-order chi connectivity index (χ1) is 13.5. The van der Waals surface area contributed by atoms with E-state index in [-0.39, 0.29) is 17.8 Å². The van der Waals surface area contributed by atoms with E-state index in [0.29, 0.717) is 6.42 Å². The van der Waals surface area contributed by atoms with Crippen molar-refractivity contribution in [1.82, 2.24) is 0 Å². The number of carbonyl (C=O) groups excluding carboxylic acids is 1. The van der Waals surface area contributed by atoms with Crippen LogP contribution >= 0.6 is 0 Å². The predicted octanol–water partition coefficient (Wildman–Crippen LogP) is 6.21. The fourth-order valence-electron chi connectivity index (χ4n) is 3.78. The van der Waals surface area contributed by atoms with Crippen LogP contribution in [0.5, 0.6) is 5.75 Å². The smallest absolute Gasteiger partial charge is 0.192 e. The molecule has 2 rings (SSSR count). The van der Waals surface area contributed by atoms with Crippen LogP contribution in [0.15, 0.2) is 54.6 Å². The zero-order chi connectivity index (χ0) is 20.6. The minimum absolute atomic E-state index is 0.177. The summed E-state index contributed by atoms with van der Waals surface area (Å²) in [6, 6.07) is 21.4. The Labute approximate surface area is 171 Å². The van der Waals surface area contributed by atoms with Gasteiger partial charge in [-0.15, -0.1) is 0 Å². The molecule has 152 valence electrons. The van der Waals surface area contributed by atoms with Crippen molar-refractivity contribution in [1.29, 1.82) is 0 Å². The number of Topliss-reactive ketones (excluding diaryl/α,β-unsaturated/α-hetero) is 1. The standard InChI is InChI=1S/C24H34O3Si/c1-6-28(7-2,8-3)27-24(21-14-16-22(26-5)17-15-21)23(19(4)25)18-20-12-10-9-11-13-20/h9-17,23-24H,6-8,18H2,1-5H3/t23-,24-/m1/s1. The number of hydrogen-bond acceptors (Lipinski definition) is 3. The van der Waals surface area contributed by atoms with E-state index in [9.17, 15) is 4.79 Å². The van der Waals surface area contributed by atoms with Crippen molar-refractivity contribution in [2.75, 3.05) is 7.11 Å². The second kappa shape index (κ2) is 10.6. The summed E-state index contributed by atoms with van der Waals surface area (Å²) in [6.45, 7) is 8.37. The third-order valence-electron chi connectivity index (χ3n) is 5.94. The van der Waals surface area contributed by atoms with E-state index in [1.54, 1.807) is 14.0 Å². The quantitative estimate of drug-likeness (QED) is 0.422. The molecule has 0 heterocycles. The molecule has 0 fully saturated rings. The number of ketones is 1. The molecule has 0 aliphatic carbocycles. The Morgan fingerprint density at radius 3 is 1.96 bits per heavy atom. The molecule has 0 amide bonds. The van der Waals surface area contributed by atoms with Crippen LogP contribution in [0.4, 0.5) is 0 Å². The summed E-state index contributed by atoms with van der Waals surface area (Å²) in [5, 5.41) is 0. The minimum atomic E-state index is -1.89. The second-order valence-electron chi connectivity index (χ2n) is 7.46. The van der Waals surface area contributed by atoms with Gasteiger partial charge in [0.1, 0.15) is 11.5 Å². The van der Waals surface area contributed by atoms with Crippen molar-refractivity contribution in [2.24, 2.45) is 5.92 Å². The second-order valence-corrected chi connectivity index (χ2v) is 12.2. The summed E-state index contributed by atoms with van der Waals surface area (Å²) in [4.78, 5) is 12.7. The van der Waals surface area contributed by atoms with E-state index in [2.05, 4.69) is 32.9 Å². The average Bonchev–Trinajstić information content (AvgIpc) is 2.74. The zero-order valence-corrected chi connectivity index (χ0v) is 18.9. The van der Waals surface area contributed by atoms with Crippen LogP contribution in [0.2, 0.25) is 18.1 Å². The summed E-state index contributed by atoms with van der Waals surface area (Å²) in [5.41, 5.74) is 2.23. The predicted molar refractivity (Wildman–Crippen MR) is 118 cm³/mol. The molecule has 28 heavy (non-hydrogen) atoms. The Kier molecular flexibility index (Phi) is 8.46. The van der Waals surface area contributed by atoms with E-state index in [4.69, 9.17) is 9.16 Å². The number of methoxy groups -OCH3 is 1. The van der Waals surface area contributed by atoms with Crippen molar-refractivity contribution < 1.29 is 14.0 Å². The maximum atomic E-state index is 12.7. The molecular formula is C24H34O3Si. The van der Waals surface area contributed by atoms with Gasteiger partial charge in [0.05, 0.1) is 19.1 Å². The first-order valence-electron chi connectivity index (χ1n) is 10.3. The van der Waals surface area contributed by atoms with Crippen LogP contribution in [0.3, 0.4) is 0 Å². The summed E-state index contributed by atoms with van der Waals surface area (Å²) in [6.07, 6.45) is 0.462. The molecule has 0 N–H and O–H groups in total. The molecule has 0 bridgehead atoms. The maximum absolute atomic E-state index is 12.7. The first-order valence-corrected chi connectivity index (χ1v) is 12.9. The molecule has 0 aromatic heterocycles. The average molecular weight is 399 g/mol. The van der Waals surface area contributed by atoms with Crippen LogP contribution in [0.1, 0.15) is 44.9 Å². The lowest BCUT2D eigenvalue weighted by Gasteiger charge is -2.37. The highest BCUT2D eigenvalue weighted by atomic mass is 28.4. The molecule has 0 saturated heterocycles. The molecule has 2 aromatic carbocycles. The van der Waals surface area contributed by atoms with Gasteiger partial charge >= 0.3 is 0 Å². The molecule has 0 saturated carbocycles. The lowest BCUT2D eigenvalue weighted by Crippen LogP contribution is -2.40. The Bertz CT molecular complexity index is 715. The van der Waals surface area contributed by atoms with Gasteiger partial charge in [-0.05, 0) is 54.7 Å². The van der Waals surface area contributed by atoms with Crippen molar-refractivity contribution >= 4 is 14.1 Å². The molecule has 3 nitrogen and oxygen atoms in total. The van der Waals surface area contributed by atoms with Gasteiger partial charge < -0.3 is 9.16 Å². The van der Waals surface area contributed by atoms with Crippen molar-refractivity contribution in [3.8, 4) is 5.75 Å². The molecule has 2 atom stereocenters. The number of hydrogen-bond donors (Lipinski definition) is 0. The molecule has 0 aliphatic heterocycles. The Balaban J connectivity index is 2.45. The third kappa shape index (κ3) is 5.55. The highest BCUT2D eigenvalue weighted by Gasteiger charge is 2.37. The van der Waals surface area contributed by atoms with E-state index >= 15 is 0 Å². The van der Waals surface area contributed by atoms with Gasteiger partial charge in [0.2, 0.25) is 0 Å². The van der Waals surface area contributed by atoms with Crippen LogP contribution < -0.4 is 4.74 Å². The highest BCUT2D eigenvalue weighted by Crippen LogP contribution is 2.37. The van der Waals surface area contributed by atoms with Gasteiger partial charge in [-0.2, -0.15) is 0 Å². The van der Waals surface area contributed by atoms with Gasteiger partial charge in [-0.25, -0.2) is 0 Å². The van der Waals surface area contributed by atoms with E-state index in [1.807, 2.05) is 42.5 Å². The summed E-state index contributed by atoms with van der Waals surface area (Å²) in [7, 11) is -0.228. The Morgan fingerprint density at radius 2 is 1.50 bits per heavy atom. The van der Waals surface area contributed by atoms with E-state index in [0.717, 1.165) is 29.4 Å². The minimum Gasteiger partial charge on any atom is -0.497 e. The largest absolute Gasteiger partial charge is 0.497 e. The normalized spacial score (nSPS) is 13.8. The number of rotatable bonds is 11. The lowest BCUT2D eigenvalue weighted by atomic mass is 9.87. The van der Waals surface area contributed by atoms with Crippen molar-refractivity contribution in [3.63, 3.8) is 0 Å². The summed E-state index contributed by atoms with van der Waals surface area (Å²) >= 11 is 0. The van der Waals surface area contributed by atoms with E-state index < -0.39 is 8.32 Å². The van der Waals surface area contributed by atoms with E-state index in [1.165, 1.54) is 5.56 Å². The van der Waals surface area contributed by atoms with Gasteiger partial charge in [0.15, 0.2) is 8.32 Å². The zero-order valence-electron chi connectivity index (χ0n) is 17.9. The molecule has 2 aromatic rings. The molecule has 0 spiro atoms. The topological polar surface area (TPSA) is 35.5 Å². The van der Waals surface area contributed by atoms with Gasteiger partial charge in [0.25, 0.3) is 0 Å². The van der Waals surface area contributed by atoms with Crippen LogP contribution in [0.25, 0.3) is 0 Å². The number of carbonyl (C=O) groups is 1. The molecule has 0 aliphatic rings. The SMILES string of the molecule is CC[Si](CC)(CC)O[C@H](c1ccc(OC)cc1)[C@H](Cc1ccccc1)C(C)=O. The monoisotopic (exact) mass is 398 g/mol. The third-order valence-corrected chi connectivity index (χ3v) is 10.6. The fourth-order valence-corrected chi connectivity index (χ4v) is 6.62. The van der Waals surface area contributed by atoms with Crippen LogP contribution in [-0.4, -0.2) is 21.2 Å². The first kappa shape index (κ1) is 22.4. The van der Waals surface area contributed by atoms with Crippen LogP contribution in [-0.2, 0) is 15.6 Å². The Hall–Kier alpha value is -1.91. The lowest BCUT2D eigenvalue weighted by molar-refractivity contribution is -0.123. The van der Waals surface area contributed by atoms with Crippen molar-refractivity contribution in [2.45, 2.75) is 58.4 Å². The number of benzene rings is 2. The number of ether oxygens (including phenoxy) is 1. The maximum Gasteiger partial charge on any atom is 0.192 e. The summed E-state index contributed by atoms with van der Waals surface area (Å²) < 4.78 is 12.2. The molecular weight excluding hydrogens is 364 g/mol.